The largest absolute Gasteiger partial charge is 0.477 e. The number of carboxylic acids is 1. The Bertz CT molecular complexity index is 852. The molecule has 0 aliphatic heterocycles. The van der Waals surface area contributed by atoms with Crippen LogP contribution >= 0.6 is 11.6 Å². The van der Waals surface area contributed by atoms with Gasteiger partial charge in [0.25, 0.3) is 0 Å². The van der Waals surface area contributed by atoms with Crippen LogP contribution in [0.5, 0.6) is 0 Å². The maximum Gasteiger partial charge on any atom is 0.341 e. The van der Waals surface area contributed by atoms with E-state index in [0.717, 1.165) is 11.1 Å². The van der Waals surface area contributed by atoms with E-state index >= 15 is 0 Å². The lowest BCUT2D eigenvalue weighted by molar-refractivity contribution is 0.0697. The Labute approximate surface area is 144 Å². The Hall–Kier alpha value is -2.92. The Balaban J connectivity index is 1.91. The van der Waals surface area contributed by atoms with Crippen LogP contribution in [0, 0.1) is 0 Å². The van der Waals surface area contributed by atoms with E-state index in [1.807, 2.05) is 30.3 Å². The molecule has 0 saturated carbocycles. The molecule has 5 nitrogen and oxygen atoms in total. The van der Waals surface area contributed by atoms with Crippen LogP contribution < -0.4 is 5.32 Å². The number of benzene rings is 2. The van der Waals surface area contributed by atoms with Gasteiger partial charge in [0.2, 0.25) is 0 Å². The minimum absolute atomic E-state index is 0.0312. The summed E-state index contributed by atoms with van der Waals surface area (Å²) in [6.45, 7) is 0.470. The topological polar surface area (TPSA) is 75.1 Å². The molecule has 0 radical (unpaired) electrons. The van der Waals surface area contributed by atoms with Gasteiger partial charge in [-0.05, 0) is 29.8 Å². The molecule has 0 bridgehead atoms. The van der Waals surface area contributed by atoms with E-state index in [2.05, 4.69) is 15.3 Å². The van der Waals surface area contributed by atoms with Crippen molar-refractivity contribution in [2.24, 2.45) is 0 Å². The highest BCUT2D eigenvalue weighted by atomic mass is 35.5. The van der Waals surface area contributed by atoms with Gasteiger partial charge in [0.15, 0.2) is 5.82 Å². The fourth-order valence-corrected chi connectivity index (χ4v) is 2.32. The molecular weight excluding hydrogens is 326 g/mol. The Morgan fingerprint density at radius 3 is 2.46 bits per heavy atom. The van der Waals surface area contributed by atoms with E-state index in [-0.39, 0.29) is 11.4 Å². The molecule has 1 heterocycles. The summed E-state index contributed by atoms with van der Waals surface area (Å²) < 4.78 is 0. The molecule has 120 valence electrons. The third-order valence-corrected chi connectivity index (χ3v) is 3.68. The Morgan fingerprint density at radius 2 is 1.79 bits per heavy atom. The van der Waals surface area contributed by atoms with Gasteiger partial charge >= 0.3 is 5.97 Å². The number of nitrogens with one attached hydrogen (secondary N) is 1. The fourth-order valence-electron chi connectivity index (χ4n) is 2.19. The van der Waals surface area contributed by atoms with Crippen LogP contribution in [-0.2, 0) is 6.54 Å². The van der Waals surface area contributed by atoms with E-state index in [9.17, 15) is 9.90 Å². The second-order valence-electron chi connectivity index (χ2n) is 5.11. The standard InChI is InChI=1S/C18H14ClN3O2/c19-14-8-6-13(7-9-14)16-21-11-15(18(23)24)17(22-16)20-10-12-4-2-1-3-5-12/h1-9,11H,10H2,(H,23,24)(H,20,21,22). The molecule has 6 heteroatoms. The zero-order chi connectivity index (χ0) is 16.9. The first kappa shape index (κ1) is 16.0. The van der Waals surface area contributed by atoms with Crippen molar-refractivity contribution in [1.29, 1.82) is 0 Å². The van der Waals surface area contributed by atoms with Crippen molar-refractivity contribution in [3.05, 3.63) is 76.9 Å². The molecule has 0 fully saturated rings. The zero-order valence-electron chi connectivity index (χ0n) is 12.6. The van der Waals surface area contributed by atoms with Crippen molar-refractivity contribution in [2.75, 3.05) is 5.32 Å². The monoisotopic (exact) mass is 339 g/mol. The lowest BCUT2D eigenvalue weighted by Crippen LogP contribution is -2.10. The van der Waals surface area contributed by atoms with Crippen molar-refractivity contribution >= 4 is 23.4 Å². The number of hydrogen-bond acceptors (Lipinski definition) is 4. The lowest BCUT2D eigenvalue weighted by Gasteiger charge is -2.10. The van der Waals surface area contributed by atoms with Crippen LogP contribution in [0.3, 0.4) is 0 Å². The molecule has 1 aromatic heterocycles. The number of halogens is 1. The second-order valence-corrected chi connectivity index (χ2v) is 5.54. The summed E-state index contributed by atoms with van der Waals surface area (Å²) in [4.78, 5) is 19.9. The number of carbonyl (C=O) groups is 1. The molecule has 0 spiro atoms. The summed E-state index contributed by atoms with van der Waals surface area (Å²) in [6.07, 6.45) is 1.31. The van der Waals surface area contributed by atoms with Crippen molar-refractivity contribution in [2.45, 2.75) is 6.54 Å². The van der Waals surface area contributed by atoms with E-state index < -0.39 is 5.97 Å². The number of aromatic nitrogens is 2. The minimum Gasteiger partial charge on any atom is -0.477 e. The first-order valence-corrected chi connectivity index (χ1v) is 7.65. The van der Waals surface area contributed by atoms with Gasteiger partial charge in [-0.3, -0.25) is 0 Å². The van der Waals surface area contributed by atoms with Crippen LogP contribution in [0.15, 0.2) is 60.8 Å². The average molecular weight is 340 g/mol. The highest BCUT2D eigenvalue weighted by molar-refractivity contribution is 6.30. The molecule has 0 unspecified atom stereocenters. The van der Waals surface area contributed by atoms with Gasteiger partial charge in [-0.1, -0.05) is 41.9 Å². The number of carboxylic acid groups (broad SMARTS) is 1. The number of aromatic carboxylic acids is 1. The minimum atomic E-state index is -1.08. The number of anilines is 1. The van der Waals surface area contributed by atoms with E-state index in [1.54, 1.807) is 24.3 Å². The van der Waals surface area contributed by atoms with Crippen LogP contribution in [0.4, 0.5) is 5.82 Å². The molecule has 0 aliphatic carbocycles. The second kappa shape index (κ2) is 7.10. The summed E-state index contributed by atoms with van der Waals surface area (Å²) in [5.74, 6) is -0.355. The summed E-state index contributed by atoms with van der Waals surface area (Å²) in [5.41, 5.74) is 1.82. The molecule has 0 saturated heterocycles. The highest BCUT2D eigenvalue weighted by Crippen LogP contribution is 2.21. The first-order valence-electron chi connectivity index (χ1n) is 7.27. The van der Waals surface area contributed by atoms with Gasteiger partial charge in [-0.25, -0.2) is 14.8 Å². The van der Waals surface area contributed by atoms with Gasteiger partial charge < -0.3 is 10.4 Å². The van der Waals surface area contributed by atoms with Gasteiger partial charge in [0.1, 0.15) is 11.4 Å². The summed E-state index contributed by atoms with van der Waals surface area (Å²) in [6, 6.07) is 16.7. The molecule has 2 N–H and O–H groups in total. The SMILES string of the molecule is O=C(O)c1cnc(-c2ccc(Cl)cc2)nc1NCc1ccccc1. The smallest absolute Gasteiger partial charge is 0.341 e. The molecule has 3 aromatic rings. The Kier molecular flexibility index (Phi) is 4.72. The quantitative estimate of drug-likeness (QED) is 0.731. The third-order valence-electron chi connectivity index (χ3n) is 3.42. The maximum absolute atomic E-state index is 11.4. The third kappa shape index (κ3) is 3.70. The van der Waals surface area contributed by atoms with E-state index in [0.29, 0.717) is 17.4 Å². The molecular formula is C18H14ClN3O2. The normalized spacial score (nSPS) is 10.4. The predicted molar refractivity (Wildman–Crippen MR) is 93.2 cm³/mol. The maximum atomic E-state index is 11.4. The molecule has 3 rings (SSSR count). The van der Waals surface area contributed by atoms with E-state index in [1.165, 1.54) is 6.20 Å². The predicted octanol–water partition coefficient (Wildman–Crippen LogP) is 4.11. The van der Waals surface area contributed by atoms with Crippen LogP contribution in [0.25, 0.3) is 11.4 Å². The van der Waals surface area contributed by atoms with Crippen molar-refractivity contribution < 1.29 is 9.90 Å². The molecule has 0 aliphatic rings. The molecule has 0 amide bonds. The number of nitrogens with zero attached hydrogens (tertiary/aromatic N) is 2. The van der Waals surface area contributed by atoms with E-state index in [4.69, 9.17) is 11.6 Å². The average Bonchev–Trinajstić information content (AvgIpc) is 2.61. The molecule has 24 heavy (non-hydrogen) atoms. The lowest BCUT2D eigenvalue weighted by atomic mass is 10.2. The summed E-state index contributed by atoms with van der Waals surface area (Å²) in [5, 5.41) is 13.0. The highest BCUT2D eigenvalue weighted by Gasteiger charge is 2.14. The number of rotatable bonds is 5. The molecule has 0 atom stereocenters. The van der Waals surface area contributed by atoms with Gasteiger partial charge in [-0.2, -0.15) is 0 Å². The van der Waals surface area contributed by atoms with Gasteiger partial charge in [-0.15, -0.1) is 0 Å². The van der Waals surface area contributed by atoms with Crippen molar-refractivity contribution in [3.63, 3.8) is 0 Å². The number of hydrogen-bond donors (Lipinski definition) is 2. The van der Waals surface area contributed by atoms with Gasteiger partial charge in [0, 0.05) is 23.3 Å². The van der Waals surface area contributed by atoms with Gasteiger partial charge in [0.05, 0.1) is 0 Å². The van der Waals surface area contributed by atoms with Crippen LogP contribution in [0.2, 0.25) is 5.02 Å². The summed E-state index contributed by atoms with van der Waals surface area (Å²) >= 11 is 5.88. The fraction of sp³-hybridized carbons (Fsp3) is 0.0556. The zero-order valence-corrected chi connectivity index (χ0v) is 13.4. The van der Waals surface area contributed by atoms with Crippen LogP contribution in [-0.4, -0.2) is 21.0 Å². The van der Waals surface area contributed by atoms with Crippen molar-refractivity contribution in [3.8, 4) is 11.4 Å². The van der Waals surface area contributed by atoms with Crippen LogP contribution in [0.1, 0.15) is 15.9 Å². The molecule has 2 aromatic carbocycles. The van der Waals surface area contributed by atoms with Crippen molar-refractivity contribution in [1.82, 2.24) is 9.97 Å². The summed E-state index contributed by atoms with van der Waals surface area (Å²) in [7, 11) is 0. The first-order chi connectivity index (χ1) is 11.6. The Morgan fingerprint density at radius 1 is 1.08 bits per heavy atom.